The van der Waals surface area contributed by atoms with Crippen LogP contribution in [0, 0.1) is 6.92 Å². The molecule has 2 aromatic heterocycles. The van der Waals surface area contributed by atoms with E-state index in [0.29, 0.717) is 4.88 Å². The predicted molar refractivity (Wildman–Crippen MR) is 110 cm³/mol. The van der Waals surface area contributed by atoms with Gasteiger partial charge in [0.15, 0.2) is 0 Å². The van der Waals surface area contributed by atoms with Gasteiger partial charge in [0.2, 0.25) is 0 Å². The molecule has 0 saturated heterocycles. The molecule has 0 saturated carbocycles. The molecule has 7 heteroatoms. The summed E-state index contributed by atoms with van der Waals surface area (Å²) >= 11 is 3.04. The summed E-state index contributed by atoms with van der Waals surface area (Å²) in [5.74, 6) is -0.326. The fraction of sp³-hybridized carbons (Fsp3) is 0.211. The van der Waals surface area contributed by atoms with Crippen LogP contribution in [0.5, 0.6) is 0 Å². The topological polar surface area (TPSA) is 63.6 Å². The number of nitrogens with zero attached hydrogens (tertiary/aromatic N) is 2. The van der Waals surface area contributed by atoms with E-state index in [1.807, 2.05) is 38.3 Å². The summed E-state index contributed by atoms with van der Waals surface area (Å²) in [6.45, 7) is 3.84. The number of ether oxygens (including phenoxy) is 1. The van der Waals surface area contributed by atoms with E-state index in [4.69, 9.17) is 4.74 Å². The van der Waals surface area contributed by atoms with Crippen molar-refractivity contribution in [1.29, 1.82) is 0 Å². The summed E-state index contributed by atoms with van der Waals surface area (Å²) in [4.78, 5) is 18.9. The van der Waals surface area contributed by atoms with E-state index in [1.165, 1.54) is 23.3 Å². The highest BCUT2D eigenvalue weighted by atomic mass is 32.2. The molecule has 5 nitrogen and oxygen atoms in total. The number of nitrogens with one attached hydrogen (secondary N) is 1. The number of hydrazone groups is 1. The van der Waals surface area contributed by atoms with Gasteiger partial charge in [0.25, 0.3) is 0 Å². The summed E-state index contributed by atoms with van der Waals surface area (Å²) in [5.41, 5.74) is 6.64. The third kappa shape index (κ3) is 3.73. The molecule has 0 aliphatic carbocycles. The Hall–Kier alpha value is -2.38. The van der Waals surface area contributed by atoms with Crippen molar-refractivity contribution in [3.63, 3.8) is 0 Å². The highest BCUT2D eigenvalue weighted by molar-refractivity contribution is 7.98. The summed E-state index contributed by atoms with van der Waals surface area (Å²) in [5, 5.41) is 5.41. The Kier molecular flexibility index (Phi) is 5.58. The third-order valence-corrected chi connectivity index (χ3v) is 5.93. The number of aryl methyl sites for hydroxylation is 1. The first kappa shape index (κ1) is 18.4. The van der Waals surface area contributed by atoms with E-state index in [2.05, 4.69) is 27.6 Å². The van der Waals surface area contributed by atoms with Crippen LogP contribution >= 0.6 is 23.1 Å². The number of rotatable bonds is 5. The minimum atomic E-state index is -0.326. The number of esters is 1. The Morgan fingerprint density at radius 1 is 1.35 bits per heavy atom. The van der Waals surface area contributed by atoms with Gasteiger partial charge >= 0.3 is 5.97 Å². The molecule has 2 heterocycles. The van der Waals surface area contributed by atoms with Gasteiger partial charge in [-0.3, -0.25) is 5.43 Å². The molecule has 0 bridgehead atoms. The second-order valence-electron chi connectivity index (χ2n) is 5.67. The average Bonchev–Trinajstić information content (AvgIpc) is 3.01. The molecule has 1 N–H and O–H groups in total. The number of carbonyl (C=O) groups is 1. The van der Waals surface area contributed by atoms with Crippen LogP contribution in [-0.4, -0.2) is 30.0 Å². The number of fused-ring (bicyclic) bond motifs is 1. The molecule has 0 spiro atoms. The van der Waals surface area contributed by atoms with E-state index in [0.717, 1.165) is 32.7 Å². The van der Waals surface area contributed by atoms with E-state index in [-0.39, 0.29) is 5.97 Å². The lowest BCUT2D eigenvalue weighted by Crippen LogP contribution is -2.01. The van der Waals surface area contributed by atoms with Crippen molar-refractivity contribution in [2.24, 2.45) is 5.10 Å². The third-order valence-electron chi connectivity index (χ3n) is 4.01. The number of benzene rings is 1. The number of hydrogen-bond acceptors (Lipinski definition) is 7. The molecular weight excluding hydrogens is 366 g/mol. The molecule has 0 fully saturated rings. The van der Waals surface area contributed by atoms with Gasteiger partial charge in [0.1, 0.15) is 9.71 Å². The summed E-state index contributed by atoms with van der Waals surface area (Å²) < 4.78 is 4.84. The van der Waals surface area contributed by atoms with Gasteiger partial charge in [-0.2, -0.15) is 5.10 Å². The minimum absolute atomic E-state index is 0.326. The SMILES string of the molecule is COC(=O)c1sc2ncc(/C(C)=N/Nc3cccc(SC)c3)cc2c1C. The lowest BCUT2D eigenvalue weighted by molar-refractivity contribution is 0.0605. The van der Waals surface area contributed by atoms with Crippen LogP contribution in [0.25, 0.3) is 10.2 Å². The zero-order valence-electron chi connectivity index (χ0n) is 15.0. The monoisotopic (exact) mass is 385 g/mol. The van der Waals surface area contributed by atoms with Crippen LogP contribution < -0.4 is 5.43 Å². The first-order valence-electron chi connectivity index (χ1n) is 7.95. The molecule has 3 rings (SSSR count). The van der Waals surface area contributed by atoms with Crippen molar-refractivity contribution in [3.8, 4) is 0 Å². The molecule has 0 aliphatic heterocycles. The zero-order chi connectivity index (χ0) is 18.7. The molecule has 0 radical (unpaired) electrons. The Bertz CT molecular complexity index is 996. The summed E-state index contributed by atoms with van der Waals surface area (Å²) in [6.07, 6.45) is 3.82. The van der Waals surface area contributed by atoms with E-state index >= 15 is 0 Å². The van der Waals surface area contributed by atoms with Crippen LogP contribution in [0.2, 0.25) is 0 Å². The molecule has 3 aromatic rings. The Balaban J connectivity index is 1.89. The number of anilines is 1. The van der Waals surface area contributed by atoms with Crippen LogP contribution in [0.15, 0.2) is 46.5 Å². The second-order valence-corrected chi connectivity index (χ2v) is 7.54. The normalized spacial score (nSPS) is 11.6. The Labute approximate surface area is 160 Å². The molecule has 26 heavy (non-hydrogen) atoms. The molecule has 0 unspecified atom stereocenters. The van der Waals surface area contributed by atoms with Crippen molar-refractivity contribution in [2.45, 2.75) is 18.7 Å². The number of carbonyl (C=O) groups excluding carboxylic acids is 1. The number of thioether (sulfide) groups is 1. The Morgan fingerprint density at radius 2 is 2.15 bits per heavy atom. The van der Waals surface area contributed by atoms with Crippen molar-refractivity contribution in [3.05, 3.63) is 52.5 Å². The maximum Gasteiger partial charge on any atom is 0.348 e. The largest absolute Gasteiger partial charge is 0.465 e. The maximum absolute atomic E-state index is 11.9. The van der Waals surface area contributed by atoms with Crippen LogP contribution in [0.3, 0.4) is 0 Å². The van der Waals surface area contributed by atoms with Gasteiger partial charge in [0, 0.05) is 22.0 Å². The fourth-order valence-corrected chi connectivity index (χ4v) is 4.00. The molecule has 0 amide bonds. The molecule has 134 valence electrons. The highest BCUT2D eigenvalue weighted by Gasteiger charge is 2.17. The molecular formula is C19H19N3O2S2. The maximum atomic E-state index is 11.9. The van der Waals surface area contributed by atoms with E-state index in [1.54, 1.807) is 18.0 Å². The van der Waals surface area contributed by atoms with Gasteiger partial charge < -0.3 is 4.74 Å². The molecule has 0 atom stereocenters. The summed E-state index contributed by atoms with van der Waals surface area (Å²) in [6, 6.07) is 10.1. The van der Waals surface area contributed by atoms with Gasteiger partial charge in [-0.25, -0.2) is 9.78 Å². The Morgan fingerprint density at radius 3 is 2.88 bits per heavy atom. The lowest BCUT2D eigenvalue weighted by Gasteiger charge is -2.05. The zero-order valence-corrected chi connectivity index (χ0v) is 16.6. The van der Waals surface area contributed by atoms with E-state index in [9.17, 15) is 4.79 Å². The van der Waals surface area contributed by atoms with Crippen LogP contribution in [0.1, 0.15) is 27.7 Å². The second kappa shape index (κ2) is 7.88. The molecule has 0 aliphatic rings. The van der Waals surface area contributed by atoms with Crippen molar-refractivity contribution >= 4 is 50.7 Å². The van der Waals surface area contributed by atoms with Crippen LogP contribution in [0.4, 0.5) is 5.69 Å². The van der Waals surface area contributed by atoms with Crippen molar-refractivity contribution < 1.29 is 9.53 Å². The predicted octanol–water partition coefficient (Wildman–Crippen LogP) is 4.95. The number of thiophene rings is 1. The summed E-state index contributed by atoms with van der Waals surface area (Å²) in [7, 11) is 1.39. The van der Waals surface area contributed by atoms with Gasteiger partial charge in [-0.1, -0.05) is 6.07 Å². The number of hydrogen-bond donors (Lipinski definition) is 1. The average molecular weight is 386 g/mol. The first-order valence-corrected chi connectivity index (χ1v) is 9.99. The number of methoxy groups -OCH3 is 1. The fourth-order valence-electron chi connectivity index (χ4n) is 2.49. The van der Waals surface area contributed by atoms with Gasteiger partial charge in [-0.15, -0.1) is 23.1 Å². The number of aromatic nitrogens is 1. The number of pyridine rings is 1. The van der Waals surface area contributed by atoms with Crippen LogP contribution in [-0.2, 0) is 4.74 Å². The van der Waals surface area contributed by atoms with Crippen molar-refractivity contribution in [2.75, 3.05) is 18.8 Å². The quantitative estimate of drug-likeness (QED) is 0.291. The molecule has 1 aromatic carbocycles. The highest BCUT2D eigenvalue weighted by Crippen LogP contribution is 2.30. The van der Waals surface area contributed by atoms with Gasteiger partial charge in [-0.05, 0) is 49.9 Å². The lowest BCUT2D eigenvalue weighted by atomic mass is 10.1. The van der Waals surface area contributed by atoms with Crippen molar-refractivity contribution in [1.82, 2.24) is 4.98 Å². The minimum Gasteiger partial charge on any atom is -0.465 e. The van der Waals surface area contributed by atoms with Gasteiger partial charge in [0.05, 0.1) is 18.5 Å². The first-order chi connectivity index (χ1) is 12.5. The standard InChI is InChI=1S/C19H19N3O2S2/c1-11-16-8-13(10-20-18(16)26-17(11)19(23)24-3)12(2)21-22-14-6-5-7-15(9-14)25-4/h5-10,22H,1-4H3/b21-12+. The smallest absolute Gasteiger partial charge is 0.348 e. The van der Waals surface area contributed by atoms with E-state index < -0.39 is 0 Å².